The van der Waals surface area contributed by atoms with E-state index in [0.717, 1.165) is 10.9 Å². The van der Waals surface area contributed by atoms with E-state index in [1.165, 1.54) is 30.0 Å². The minimum Gasteiger partial charge on any atom is -0.328 e. The van der Waals surface area contributed by atoms with Gasteiger partial charge < -0.3 is 5.73 Å². The average Bonchev–Trinajstić information content (AvgIpc) is 2.56. The van der Waals surface area contributed by atoms with Crippen LogP contribution in [-0.4, -0.2) is 16.3 Å². The molecule has 0 aromatic carbocycles. The molecule has 1 aliphatic rings. The first-order chi connectivity index (χ1) is 6.74. The fourth-order valence-electron chi connectivity index (χ4n) is 1.74. The minimum atomic E-state index is 0. The van der Waals surface area contributed by atoms with Gasteiger partial charge in [-0.05, 0) is 32.6 Å². The molecule has 1 aromatic rings. The van der Waals surface area contributed by atoms with Crippen LogP contribution in [0.15, 0.2) is 9.72 Å². The third-order valence-electron chi connectivity index (χ3n) is 2.58. The number of nitrogens with two attached hydrogens (primary N) is 1. The van der Waals surface area contributed by atoms with Crippen LogP contribution in [0.4, 0.5) is 0 Å². The van der Waals surface area contributed by atoms with E-state index in [4.69, 9.17) is 5.73 Å². The van der Waals surface area contributed by atoms with Gasteiger partial charge >= 0.3 is 0 Å². The molecule has 1 aliphatic carbocycles. The molecule has 15 heavy (non-hydrogen) atoms. The van der Waals surface area contributed by atoms with E-state index >= 15 is 0 Å². The van der Waals surface area contributed by atoms with Gasteiger partial charge in [-0.25, -0.2) is 4.98 Å². The maximum atomic E-state index is 5.87. The van der Waals surface area contributed by atoms with E-state index in [1.54, 1.807) is 11.3 Å². The lowest BCUT2D eigenvalue weighted by Crippen LogP contribution is -2.27. The molecule has 0 bridgehead atoms. The Labute approximate surface area is 105 Å². The summed E-state index contributed by atoms with van der Waals surface area (Å²) in [5, 5.41) is 2.87. The van der Waals surface area contributed by atoms with Crippen LogP contribution >= 0.6 is 35.5 Å². The van der Waals surface area contributed by atoms with Crippen molar-refractivity contribution in [2.75, 3.05) is 0 Å². The predicted octanol–water partition coefficient (Wildman–Crippen LogP) is 3.24. The highest BCUT2D eigenvalue weighted by Crippen LogP contribution is 2.34. The smallest absolute Gasteiger partial charge is 0.150 e. The third-order valence-corrected chi connectivity index (χ3v) is 5.01. The number of thioether (sulfide) groups is 1. The van der Waals surface area contributed by atoms with E-state index in [0.29, 0.717) is 6.04 Å². The van der Waals surface area contributed by atoms with Crippen LogP contribution in [-0.2, 0) is 0 Å². The highest BCUT2D eigenvalue weighted by Gasteiger charge is 2.20. The SMILES string of the molecule is Cc1csc(SC2CCC(N)CC2)n1.Cl. The van der Waals surface area contributed by atoms with Crippen molar-refractivity contribution < 1.29 is 0 Å². The molecule has 1 fully saturated rings. The Hall–Kier alpha value is 0.230. The highest BCUT2D eigenvalue weighted by atomic mass is 35.5. The molecule has 1 heterocycles. The average molecular weight is 265 g/mol. The summed E-state index contributed by atoms with van der Waals surface area (Å²) in [4.78, 5) is 4.47. The van der Waals surface area contributed by atoms with Gasteiger partial charge in [0, 0.05) is 22.4 Å². The first-order valence-corrected chi connectivity index (χ1v) is 6.84. The quantitative estimate of drug-likeness (QED) is 0.891. The van der Waals surface area contributed by atoms with E-state index < -0.39 is 0 Å². The van der Waals surface area contributed by atoms with Crippen LogP contribution in [0.5, 0.6) is 0 Å². The van der Waals surface area contributed by atoms with Crippen molar-refractivity contribution in [3.63, 3.8) is 0 Å². The van der Waals surface area contributed by atoms with Crippen LogP contribution in [0.1, 0.15) is 31.4 Å². The van der Waals surface area contributed by atoms with E-state index in [9.17, 15) is 0 Å². The molecule has 0 aliphatic heterocycles. The summed E-state index contributed by atoms with van der Waals surface area (Å²) in [6.07, 6.45) is 4.87. The van der Waals surface area contributed by atoms with Crippen LogP contribution < -0.4 is 5.73 Å². The first-order valence-electron chi connectivity index (χ1n) is 5.08. The summed E-state index contributed by atoms with van der Waals surface area (Å²) in [5.41, 5.74) is 7.02. The molecule has 0 atom stereocenters. The second kappa shape index (κ2) is 6.09. The number of hydrogen-bond donors (Lipinski definition) is 1. The van der Waals surface area contributed by atoms with Crippen molar-refractivity contribution in [2.24, 2.45) is 5.73 Å². The number of nitrogens with zero attached hydrogens (tertiary/aromatic N) is 1. The summed E-state index contributed by atoms with van der Waals surface area (Å²) in [6.45, 7) is 2.05. The van der Waals surface area contributed by atoms with Gasteiger partial charge in [-0.15, -0.1) is 23.7 Å². The zero-order chi connectivity index (χ0) is 9.97. The number of halogens is 1. The Kier molecular flexibility index (Phi) is 5.39. The summed E-state index contributed by atoms with van der Waals surface area (Å²) < 4.78 is 1.22. The molecule has 1 saturated carbocycles. The van der Waals surface area contributed by atoms with E-state index in [1.807, 2.05) is 11.8 Å². The van der Waals surface area contributed by atoms with Crippen molar-refractivity contribution in [3.05, 3.63) is 11.1 Å². The monoisotopic (exact) mass is 264 g/mol. The van der Waals surface area contributed by atoms with Crippen LogP contribution in [0, 0.1) is 6.92 Å². The summed E-state index contributed by atoms with van der Waals surface area (Å²) in [7, 11) is 0. The summed E-state index contributed by atoms with van der Waals surface area (Å²) in [6, 6.07) is 0.449. The summed E-state index contributed by atoms with van der Waals surface area (Å²) in [5.74, 6) is 0. The van der Waals surface area contributed by atoms with Gasteiger partial charge in [0.05, 0.1) is 0 Å². The van der Waals surface area contributed by atoms with Crippen LogP contribution in [0.25, 0.3) is 0 Å². The lowest BCUT2D eigenvalue weighted by Gasteiger charge is -2.24. The lowest BCUT2D eigenvalue weighted by atomic mass is 9.96. The molecule has 0 unspecified atom stereocenters. The van der Waals surface area contributed by atoms with Crippen molar-refractivity contribution in [2.45, 2.75) is 48.2 Å². The van der Waals surface area contributed by atoms with Crippen LogP contribution in [0.3, 0.4) is 0 Å². The number of hydrogen-bond acceptors (Lipinski definition) is 4. The number of aryl methyl sites for hydroxylation is 1. The summed E-state index contributed by atoms with van der Waals surface area (Å²) >= 11 is 3.70. The van der Waals surface area contributed by atoms with Crippen molar-refractivity contribution in [3.8, 4) is 0 Å². The predicted molar refractivity (Wildman–Crippen MR) is 70.2 cm³/mol. The largest absolute Gasteiger partial charge is 0.328 e. The number of rotatable bonds is 2. The Balaban J connectivity index is 0.00000112. The number of aromatic nitrogens is 1. The van der Waals surface area contributed by atoms with Crippen LogP contribution in [0.2, 0.25) is 0 Å². The Morgan fingerprint density at radius 1 is 1.40 bits per heavy atom. The van der Waals surface area contributed by atoms with Gasteiger partial charge in [-0.3, -0.25) is 0 Å². The van der Waals surface area contributed by atoms with Gasteiger partial charge in [-0.1, -0.05) is 11.8 Å². The molecule has 1 aromatic heterocycles. The Morgan fingerprint density at radius 3 is 2.60 bits per heavy atom. The van der Waals surface area contributed by atoms with Crippen molar-refractivity contribution in [1.29, 1.82) is 0 Å². The number of thiazole rings is 1. The topological polar surface area (TPSA) is 38.9 Å². The van der Waals surface area contributed by atoms with E-state index in [-0.39, 0.29) is 12.4 Å². The first kappa shape index (κ1) is 13.3. The molecular weight excluding hydrogens is 248 g/mol. The molecular formula is C10H17ClN2S2. The molecule has 5 heteroatoms. The zero-order valence-electron chi connectivity index (χ0n) is 8.81. The molecule has 2 N–H and O–H groups in total. The molecule has 2 nitrogen and oxygen atoms in total. The molecule has 0 amide bonds. The molecule has 86 valence electrons. The van der Waals surface area contributed by atoms with Gasteiger partial charge in [0.15, 0.2) is 0 Å². The van der Waals surface area contributed by atoms with E-state index in [2.05, 4.69) is 17.3 Å². The molecule has 2 rings (SSSR count). The lowest BCUT2D eigenvalue weighted by molar-refractivity contribution is 0.451. The highest BCUT2D eigenvalue weighted by molar-refractivity contribution is 8.01. The zero-order valence-corrected chi connectivity index (χ0v) is 11.3. The fraction of sp³-hybridized carbons (Fsp3) is 0.700. The molecule has 0 spiro atoms. The maximum absolute atomic E-state index is 5.87. The maximum Gasteiger partial charge on any atom is 0.150 e. The third kappa shape index (κ3) is 3.94. The second-order valence-electron chi connectivity index (χ2n) is 3.91. The van der Waals surface area contributed by atoms with Gasteiger partial charge in [0.2, 0.25) is 0 Å². The molecule has 0 radical (unpaired) electrons. The van der Waals surface area contributed by atoms with Crippen molar-refractivity contribution in [1.82, 2.24) is 4.98 Å². The van der Waals surface area contributed by atoms with Gasteiger partial charge in [-0.2, -0.15) is 0 Å². The fourth-order valence-corrected chi connectivity index (χ4v) is 4.02. The minimum absolute atomic E-state index is 0. The van der Waals surface area contributed by atoms with Gasteiger partial charge in [0.1, 0.15) is 4.34 Å². The second-order valence-corrected chi connectivity index (χ2v) is 6.32. The normalized spacial score (nSPS) is 26.0. The standard InChI is InChI=1S/C10H16N2S2.ClH/c1-7-6-13-10(12-7)14-9-4-2-8(11)3-5-9;/h6,8-9H,2-5,11H2,1H3;1H. The van der Waals surface area contributed by atoms with Gasteiger partial charge in [0.25, 0.3) is 0 Å². The Morgan fingerprint density at radius 2 is 2.07 bits per heavy atom. The van der Waals surface area contributed by atoms with Crippen molar-refractivity contribution >= 4 is 35.5 Å². The molecule has 0 saturated heterocycles. The Bertz CT molecular complexity index is 295.